The van der Waals surface area contributed by atoms with Crippen LogP contribution in [0.5, 0.6) is 0 Å². The second-order valence-corrected chi connectivity index (χ2v) is 4.25. The number of anilines is 2. The molecule has 4 heteroatoms. The standard InChI is InChI=1S/C15H15FN2O/c1-10-3-6-13(9-14(10)16)18-15(19)11-4-7-12(17-2)8-5-11/h3-9,17H,1-2H3,(H,18,19). The number of amides is 1. The Morgan fingerprint density at radius 3 is 2.26 bits per heavy atom. The van der Waals surface area contributed by atoms with E-state index in [0.29, 0.717) is 16.8 Å². The van der Waals surface area contributed by atoms with Crippen LogP contribution in [0.1, 0.15) is 15.9 Å². The molecule has 19 heavy (non-hydrogen) atoms. The first kappa shape index (κ1) is 13.1. The van der Waals surface area contributed by atoms with Crippen LogP contribution in [0.2, 0.25) is 0 Å². The highest BCUT2D eigenvalue weighted by Gasteiger charge is 2.07. The van der Waals surface area contributed by atoms with Crippen molar-refractivity contribution in [3.8, 4) is 0 Å². The molecule has 0 aliphatic rings. The molecular formula is C15H15FN2O. The van der Waals surface area contributed by atoms with Gasteiger partial charge < -0.3 is 10.6 Å². The third-order valence-electron chi connectivity index (χ3n) is 2.87. The average Bonchev–Trinajstić information content (AvgIpc) is 2.43. The van der Waals surface area contributed by atoms with Gasteiger partial charge in [0.25, 0.3) is 5.91 Å². The van der Waals surface area contributed by atoms with Crippen LogP contribution in [0.25, 0.3) is 0 Å². The first-order valence-corrected chi connectivity index (χ1v) is 5.95. The molecule has 0 unspecified atom stereocenters. The second-order valence-electron chi connectivity index (χ2n) is 4.25. The summed E-state index contributed by atoms with van der Waals surface area (Å²) in [6.07, 6.45) is 0. The van der Waals surface area contributed by atoms with Gasteiger partial charge in [0.15, 0.2) is 0 Å². The zero-order valence-electron chi connectivity index (χ0n) is 10.8. The van der Waals surface area contributed by atoms with Gasteiger partial charge in [0.05, 0.1) is 0 Å². The molecule has 98 valence electrons. The molecule has 3 nitrogen and oxygen atoms in total. The summed E-state index contributed by atoms with van der Waals surface area (Å²) in [6.45, 7) is 1.68. The first-order chi connectivity index (χ1) is 9.10. The maximum Gasteiger partial charge on any atom is 0.255 e. The van der Waals surface area contributed by atoms with Crippen molar-refractivity contribution >= 4 is 17.3 Å². The van der Waals surface area contributed by atoms with Crippen molar-refractivity contribution in [2.45, 2.75) is 6.92 Å². The smallest absolute Gasteiger partial charge is 0.255 e. The molecular weight excluding hydrogens is 243 g/mol. The fourth-order valence-electron chi connectivity index (χ4n) is 1.66. The Labute approximate surface area is 111 Å². The lowest BCUT2D eigenvalue weighted by atomic mass is 10.1. The van der Waals surface area contributed by atoms with Crippen LogP contribution in [0.3, 0.4) is 0 Å². The number of hydrogen-bond acceptors (Lipinski definition) is 2. The van der Waals surface area contributed by atoms with Crippen molar-refractivity contribution in [1.29, 1.82) is 0 Å². The van der Waals surface area contributed by atoms with Crippen molar-refractivity contribution in [2.24, 2.45) is 0 Å². The van der Waals surface area contributed by atoms with E-state index in [2.05, 4.69) is 10.6 Å². The van der Waals surface area contributed by atoms with Gasteiger partial charge in [0, 0.05) is 24.0 Å². The molecule has 0 aromatic heterocycles. The van der Waals surface area contributed by atoms with Crippen molar-refractivity contribution in [2.75, 3.05) is 17.7 Å². The monoisotopic (exact) mass is 258 g/mol. The third kappa shape index (κ3) is 3.10. The molecule has 0 fully saturated rings. The first-order valence-electron chi connectivity index (χ1n) is 5.95. The van der Waals surface area contributed by atoms with Crippen molar-refractivity contribution in [3.05, 3.63) is 59.4 Å². The van der Waals surface area contributed by atoms with Gasteiger partial charge in [-0.2, -0.15) is 0 Å². The molecule has 1 amide bonds. The predicted molar refractivity (Wildman–Crippen MR) is 75.1 cm³/mol. The van der Waals surface area contributed by atoms with Crippen molar-refractivity contribution in [3.63, 3.8) is 0 Å². The van der Waals surface area contributed by atoms with E-state index in [0.717, 1.165) is 5.69 Å². The maximum absolute atomic E-state index is 13.4. The lowest BCUT2D eigenvalue weighted by Gasteiger charge is -2.07. The van der Waals surface area contributed by atoms with Gasteiger partial charge in [0.2, 0.25) is 0 Å². The minimum atomic E-state index is -0.330. The van der Waals surface area contributed by atoms with E-state index in [4.69, 9.17) is 0 Å². The SMILES string of the molecule is CNc1ccc(C(=O)Nc2ccc(C)c(F)c2)cc1. The molecule has 0 aliphatic heterocycles. The molecule has 0 bridgehead atoms. The Morgan fingerprint density at radius 2 is 1.68 bits per heavy atom. The number of hydrogen-bond donors (Lipinski definition) is 2. The van der Waals surface area contributed by atoms with Crippen LogP contribution >= 0.6 is 0 Å². The quantitative estimate of drug-likeness (QED) is 0.885. The van der Waals surface area contributed by atoms with Gasteiger partial charge >= 0.3 is 0 Å². The molecule has 0 atom stereocenters. The van der Waals surface area contributed by atoms with Crippen LogP contribution in [0, 0.1) is 12.7 Å². The molecule has 0 aliphatic carbocycles. The van der Waals surface area contributed by atoms with E-state index >= 15 is 0 Å². The highest BCUT2D eigenvalue weighted by atomic mass is 19.1. The normalized spacial score (nSPS) is 10.1. The Kier molecular flexibility index (Phi) is 3.80. The zero-order valence-corrected chi connectivity index (χ0v) is 10.8. The predicted octanol–water partition coefficient (Wildman–Crippen LogP) is 3.43. The van der Waals surface area contributed by atoms with Crippen LogP contribution in [-0.2, 0) is 0 Å². The van der Waals surface area contributed by atoms with E-state index in [-0.39, 0.29) is 11.7 Å². The van der Waals surface area contributed by atoms with E-state index < -0.39 is 0 Å². The van der Waals surface area contributed by atoms with Gasteiger partial charge in [-0.25, -0.2) is 4.39 Å². The van der Waals surface area contributed by atoms with Crippen LogP contribution in [0.4, 0.5) is 15.8 Å². The molecule has 2 aromatic rings. The molecule has 0 saturated heterocycles. The molecule has 2 aromatic carbocycles. The number of carbonyl (C=O) groups is 1. The van der Waals surface area contributed by atoms with E-state index in [1.165, 1.54) is 6.07 Å². The van der Waals surface area contributed by atoms with E-state index in [1.54, 1.807) is 31.2 Å². The Hall–Kier alpha value is -2.36. The summed E-state index contributed by atoms with van der Waals surface area (Å²) in [5.74, 6) is -0.589. The Balaban J connectivity index is 2.13. The topological polar surface area (TPSA) is 41.1 Å². The Bertz CT molecular complexity index is 594. The molecule has 2 N–H and O–H groups in total. The summed E-state index contributed by atoms with van der Waals surface area (Å²) in [5.41, 5.74) is 2.46. The number of halogens is 1. The minimum Gasteiger partial charge on any atom is -0.388 e. The Morgan fingerprint density at radius 1 is 1.05 bits per heavy atom. The molecule has 2 rings (SSSR count). The fraction of sp³-hybridized carbons (Fsp3) is 0.133. The van der Waals surface area contributed by atoms with Crippen LogP contribution in [-0.4, -0.2) is 13.0 Å². The van der Waals surface area contributed by atoms with Gasteiger partial charge in [-0.1, -0.05) is 6.07 Å². The molecule has 0 saturated carbocycles. The number of benzene rings is 2. The lowest BCUT2D eigenvalue weighted by Crippen LogP contribution is -2.12. The number of nitrogens with one attached hydrogen (secondary N) is 2. The molecule has 0 heterocycles. The lowest BCUT2D eigenvalue weighted by molar-refractivity contribution is 0.102. The summed E-state index contributed by atoms with van der Waals surface area (Å²) in [4.78, 5) is 12.0. The number of aryl methyl sites for hydroxylation is 1. The van der Waals surface area contributed by atoms with Crippen molar-refractivity contribution in [1.82, 2.24) is 0 Å². The molecule has 0 radical (unpaired) electrons. The largest absolute Gasteiger partial charge is 0.388 e. The number of rotatable bonds is 3. The summed E-state index contributed by atoms with van der Waals surface area (Å²) in [5, 5.41) is 5.64. The van der Waals surface area contributed by atoms with Crippen LogP contribution in [0.15, 0.2) is 42.5 Å². The minimum absolute atomic E-state index is 0.258. The van der Waals surface area contributed by atoms with Gasteiger partial charge in [-0.05, 0) is 48.9 Å². The van der Waals surface area contributed by atoms with E-state index in [9.17, 15) is 9.18 Å². The van der Waals surface area contributed by atoms with Gasteiger partial charge in [0.1, 0.15) is 5.82 Å². The molecule has 0 spiro atoms. The van der Waals surface area contributed by atoms with Gasteiger partial charge in [-0.15, -0.1) is 0 Å². The van der Waals surface area contributed by atoms with Crippen molar-refractivity contribution < 1.29 is 9.18 Å². The average molecular weight is 258 g/mol. The summed E-state index contributed by atoms with van der Waals surface area (Å²) >= 11 is 0. The maximum atomic E-state index is 13.4. The van der Waals surface area contributed by atoms with E-state index in [1.807, 2.05) is 19.2 Å². The zero-order chi connectivity index (χ0) is 13.8. The summed E-state index contributed by atoms with van der Waals surface area (Å²) < 4.78 is 13.4. The number of carbonyl (C=O) groups excluding carboxylic acids is 1. The fourth-order valence-corrected chi connectivity index (χ4v) is 1.66. The highest BCUT2D eigenvalue weighted by molar-refractivity contribution is 6.04. The third-order valence-corrected chi connectivity index (χ3v) is 2.87. The summed E-state index contributed by atoms with van der Waals surface area (Å²) in [7, 11) is 1.81. The summed E-state index contributed by atoms with van der Waals surface area (Å²) in [6, 6.07) is 11.7. The second kappa shape index (κ2) is 5.52. The van der Waals surface area contributed by atoms with Gasteiger partial charge in [-0.3, -0.25) is 4.79 Å². The highest BCUT2D eigenvalue weighted by Crippen LogP contribution is 2.15. The van der Waals surface area contributed by atoms with Crippen LogP contribution < -0.4 is 10.6 Å².